The normalized spacial score (nSPS) is 19.8. The van der Waals surface area contributed by atoms with Gasteiger partial charge in [-0.1, -0.05) is 48.0 Å². The van der Waals surface area contributed by atoms with Crippen LogP contribution in [0.4, 0.5) is 5.82 Å². The lowest BCUT2D eigenvalue weighted by molar-refractivity contribution is 0.177. The molecule has 2 aromatic carbocycles. The second-order valence-electron chi connectivity index (χ2n) is 6.88. The van der Waals surface area contributed by atoms with Crippen molar-refractivity contribution in [3.05, 3.63) is 53.6 Å². The molecule has 0 radical (unpaired) electrons. The Balaban J connectivity index is 1.67. The average Bonchev–Trinajstić information content (AvgIpc) is 2.58. The molecular weight excluding hydrogens is 332 g/mol. The maximum Gasteiger partial charge on any atom is 0.156 e. The molecule has 1 aromatic heterocycles. The van der Waals surface area contributed by atoms with Crippen molar-refractivity contribution in [3.8, 4) is 11.3 Å². The Hall–Kier alpha value is -2.17. The van der Waals surface area contributed by atoms with E-state index in [4.69, 9.17) is 11.6 Å². The monoisotopic (exact) mass is 352 g/mol. The van der Waals surface area contributed by atoms with Crippen molar-refractivity contribution in [3.63, 3.8) is 0 Å². The van der Waals surface area contributed by atoms with Crippen LogP contribution >= 0.6 is 11.6 Å². The lowest BCUT2D eigenvalue weighted by Crippen LogP contribution is -2.47. The number of hydrogen-bond acceptors (Lipinski definition) is 4. The van der Waals surface area contributed by atoms with Crippen LogP contribution in [0.15, 0.2) is 48.5 Å². The van der Waals surface area contributed by atoms with Gasteiger partial charge >= 0.3 is 0 Å². The van der Waals surface area contributed by atoms with E-state index in [0.717, 1.165) is 45.7 Å². The molecule has 0 aliphatic heterocycles. The van der Waals surface area contributed by atoms with Crippen molar-refractivity contribution in [2.45, 2.75) is 24.9 Å². The molecule has 4 rings (SSSR count). The minimum Gasteiger partial charge on any atom is -0.365 e. The van der Waals surface area contributed by atoms with Gasteiger partial charge in [0.2, 0.25) is 0 Å². The lowest BCUT2D eigenvalue weighted by atomic mass is 9.86. The zero-order chi connectivity index (χ0) is 17.4. The van der Waals surface area contributed by atoms with Gasteiger partial charge in [-0.3, -0.25) is 0 Å². The van der Waals surface area contributed by atoms with E-state index in [1.54, 1.807) is 0 Å². The van der Waals surface area contributed by atoms with Crippen molar-refractivity contribution in [2.75, 3.05) is 19.4 Å². The quantitative estimate of drug-likeness (QED) is 0.753. The predicted octanol–water partition coefficient (Wildman–Crippen LogP) is 4.45. The zero-order valence-corrected chi connectivity index (χ0v) is 15.2. The summed E-state index contributed by atoms with van der Waals surface area (Å²) in [6.45, 7) is 0. The Morgan fingerprint density at radius 3 is 2.32 bits per heavy atom. The van der Waals surface area contributed by atoms with Gasteiger partial charge in [0.25, 0.3) is 0 Å². The first-order chi connectivity index (χ1) is 12.1. The van der Waals surface area contributed by atoms with Gasteiger partial charge in [-0.05, 0) is 39.1 Å². The van der Waals surface area contributed by atoms with E-state index in [0.29, 0.717) is 12.1 Å². The summed E-state index contributed by atoms with van der Waals surface area (Å²) in [7, 11) is 4.27. The minimum atomic E-state index is 0.464. The van der Waals surface area contributed by atoms with Crippen molar-refractivity contribution < 1.29 is 0 Å². The average molecular weight is 353 g/mol. The highest BCUT2D eigenvalue weighted by atomic mass is 35.5. The maximum atomic E-state index is 6.01. The van der Waals surface area contributed by atoms with Gasteiger partial charge in [0.1, 0.15) is 5.69 Å². The second-order valence-corrected chi connectivity index (χ2v) is 7.32. The van der Waals surface area contributed by atoms with Crippen LogP contribution in [0.2, 0.25) is 5.02 Å². The molecule has 1 aliphatic carbocycles. The van der Waals surface area contributed by atoms with Gasteiger partial charge in [0.15, 0.2) is 5.82 Å². The first-order valence-corrected chi connectivity index (χ1v) is 8.94. The number of hydrogen-bond donors (Lipinski definition) is 1. The van der Waals surface area contributed by atoms with Crippen LogP contribution < -0.4 is 5.32 Å². The standard InChI is InChI=1S/C20H21ClN4/c1-25(2)16-11-15(12-16)22-20-18-6-4-3-5-17(18)19(23-24-20)13-7-9-14(21)10-8-13/h3-10,15-16H,11-12H2,1-2H3,(H,22,24). The van der Waals surface area contributed by atoms with Gasteiger partial charge in [0.05, 0.1) is 0 Å². The molecule has 128 valence electrons. The molecule has 0 unspecified atom stereocenters. The Labute approximate surface area is 152 Å². The third-order valence-electron chi connectivity index (χ3n) is 4.99. The summed E-state index contributed by atoms with van der Waals surface area (Å²) in [5.74, 6) is 0.871. The summed E-state index contributed by atoms with van der Waals surface area (Å²) in [5, 5.41) is 15.5. The molecule has 5 heteroatoms. The molecule has 0 bridgehead atoms. The molecule has 1 N–H and O–H groups in total. The van der Waals surface area contributed by atoms with Crippen LogP contribution in [0, 0.1) is 0 Å². The van der Waals surface area contributed by atoms with Gasteiger partial charge in [-0.2, -0.15) is 0 Å². The maximum absolute atomic E-state index is 6.01. The minimum absolute atomic E-state index is 0.464. The van der Waals surface area contributed by atoms with Crippen molar-refractivity contribution in [2.24, 2.45) is 0 Å². The molecule has 0 amide bonds. The third-order valence-corrected chi connectivity index (χ3v) is 5.24. The van der Waals surface area contributed by atoms with Crippen LogP contribution in [0.3, 0.4) is 0 Å². The SMILES string of the molecule is CN(C)C1CC(Nc2nnc(-c3ccc(Cl)cc3)c3ccccc23)C1. The molecule has 25 heavy (non-hydrogen) atoms. The number of rotatable bonds is 4. The number of fused-ring (bicyclic) bond motifs is 1. The van der Waals surface area contributed by atoms with E-state index in [1.807, 2.05) is 36.4 Å². The number of benzene rings is 2. The smallest absolute Gasteiger partial charge is 0.156 e. The number of nitrogens with zero attached hydrogens (tertiary/aromatic N) is 3. The number of aromatic nitrogens is 2. The first-order valence-electron chi connectivity index (χ1n) is 8.56. The summed E-state index contributed by atoms with van der Waals surface area (Å²) in [6.07, 6.45) is 2.28. The van der Waals surface area contributed by atoms with E-state index in [-0.39, 0.29) is 0 Å². The van der Waals surface area contributed by atoms with Crippen LogP contribution in [0.25, 0.3) is 22.0 Å². The zero-order valence-electron chi connectivity index (χ0n) is 14.4. The molecule has 0 saturated heterocycles. The van der Waals surface area contributed by atoms with Crippen molar-refractivity contribution in [1.82, 2.24) is 15.1 Å². The molecule has 4 nitrogen and oxygen atoms in total. The fraction of sp³-hybridized carbons (Fsp3) is 0.300. The fourth-order valence-corrected chi connectivity index (χ4v) is 3.48. The Kier molecular flexibility index (Phi) is 4.32. The highest BCUT2D eigenvalue weighted by molar-refractivity contribution is 6.30. The summed E-state index contributed by atoms with van der Waals surface area (Å²) in [5.41, 5.74) is 1.91. The van der Waals surface area contributed by atoms with Crippen LogP contribution in [0.5, 0.6) is 0 Å². The fourth-order valence-electron chi connectivity index (χ4n) is 3.35. The van der Waals surface area contributed by atoms with Crippen molar-refractivity contribution in [1.29, 1.82) is 0 Å². The van der Waals surface area contributed by atoms with E-state index < -0.39 is 0 Å². The van der Waals surface area contributed by atoms with Crippen molar-refractivity contribution >= 4 is 28.2 Å². The topological polar surface area (TPSA) is 41.0 Å². The Morgan fingerprint density at radius 2 is 1.64 bits per heavy atom. The van der Waals surface area contributed by atoms with Gasteiger partial charge in [-0.15, -0.1) is 10.2 Å². The molecule has 1 saturated carbocycles. The second kappa shape index (κ2) is 6.62. The predicted molar refractivity (Wildman–Crippen MR) is 104 cm³/mol. The molecule has 1 heterocycles. The van der Waals surface area contributed by atoms with Crippen LogP contribution in [-0.4, -0.2) is 41.3 Å². The van der Waals surface area contributed by atoms with E-state index in [1.165, 1.54) is 0 Å². The molecule has 3 aromatic rings. The molecule has 0 atom stereocenters. The summed E-state index contributed by atoms with van der Waals surface area (Å²) in [4.78, 5) is 2.28. The number of nitrogens with one attached hydrogen (secondary N) is 1. The summed E-state index contributed by atoms with van der Waals surface area (Å²) >= 11 is 6.01. The third kappa shape index (κ3) is 3.20. The lowest BCUT2D eigenvalue weighted by Gasteiger charge is -2.40. The molecule has 1 fully saturated rings. The van der Waals surface area contributed by atoms with Crippen LogP contribution in [-0.2, 0) is 0 Å². The summed E-state index contributed by atoms with van der Waals surface area (Å²) in [6, 6.07) is 17.2. The molecule has 0 spiro atoms. The largest absolute Gasteiger partial charge is 0.365 e. The number of anilines is 1. The highest BCUT2D eigenvalue weighted by Gasteiger charge is 2.31. The van der Waals surface area contributed by atoms with Gasteiger partial charge in [0, 0.05) is 33.4 Å². The van der Waals surface area contributed by atoms with E-state index in [9.17, 15) is 0 Å². The highest BCUT2D eigenvalue weighted by Crippen LogP contribution is 2.33. The Bertz CT molecular complexity index is 886. The number of halogens is 1. The van der Waals surface area contributed by atoms with E-state index in [2.05, 4.69) is 46.6 Å². The first kappa shape index (κ1) is 16.3. The molecule has 1 aliphatic rings. The van der Waals surface area contributed by atoms with E-state index >= 15 is 0 Å². The Morgan fingerprint density at radius 1 is 0.960 bits per heavy atom. The summed E-state index contributed by atoms with van der Waals surface area (Å²) < 4.78 is 0. The van der Waals surface area contributed by atoms with Gasteiger partial charge in [-0.25, -0.2) is 0 Å². The molecular formula is C20H21ClN4. The van der Waals surface area contributed by atoms with Gasteiger partial charge < -0.3 is 10.2 Å². The van der Waals surface area contributed by atoms with Crippen LogP contribution in [0.1, 0.15) is 12.8 Å².